The molecule has 1 atom stereocenters. The Balaban J connectivity index is 1.43. The molecule has 2 aromatic rings. The van der Waals surface area contributed by atoms with E-state index in [1.165, 1.54) is 22.1 Å². The zero-order valence-corrected chi connectivity index (χ0v) is 18.7. The van der Waals surface area contributed by atoms with Crippen molar-refractivity contribution < 1.29 is 18.0 Å². The van der Waals surface area contributed by atoms with Crippen LogP contribution in [0.4, 0.5) is 11.4 Å². The number of nitrogens with zero attached hydrogens (tertiary/aromatic N) is 1. The van der Waals surface area contributed by atoms with Crippen LogP contribution in [-0.2, 0) is 19.6 Å². The van der Waals surface area contributed by atoms with Gasteiger partial charge in [-0.1, -0.05) is 31.0 Å². The highest BCUT2D eigenvalue weighted by atomic mass is 32.2. The van der Waals surface area contributed by atoms with E-state index in [0.717, 1.165) is 36.3 Å². The van der Waals surface area contributed by atoms with E-state index in [-0.39, 0.29) is 23.1 Å². The number of para-hydroxylation sites is 1. The van der Waals surface area contributed by atoms with Crippen molar-refractivity contribution in [3.63, 3.8) is 0 Å². The quantitative estimate of drug-likeness (QED) is 0.711. The van der Waals surface area contributed by atoms with E-state index in [4.69, 9.17) is 0 Å². The number of benzene rings is 2. The van der Waals surface area contributed by atoms with Crippen LogP contribution in [0, 0.1) is 0 Å². The molecule has 1 saturated heterocycles. The number of thioether (sulfide) groups is 1. The number of carbonyl (C=O) groups is 2. The SMILES string of the molecule is O=C(C[C@@H]1Sc2ccccc2NC1=O)Nc1cccc(S(=O)(=O)N2CCCCCC2)c1. The molecule has 2 amide bonds. The van der Waals surface area contributed by atoms with Gasteiger partial charge >= 0.3 is 0 Å². The van der Waals surface area contributed by atoms with Gasteiger partial charge in [-0.15, -0.1) is 11.8 Å². The number of hydrogen-bond acceptors (Lipinski definition) is 5. The summed E-state index contributed by atoms with van der Waals surface area (Å²) >= 11 is 1.36. The van der Waals surface area contributed by atoms with Crippen LogP contribution in [-0.4, -0.2) is 42.9 Å². The summed E-state index contributed by atoms with van der Waals surface area (Å²) in [6.45, 7) is 1.04. The first-order valence-corrected chi connectivity index (χ1v) is 12.7. The van der Waals surface area contributed by atoms with Crippen molar-refractivity contribution in [1.82, 2.24) is 4.31 Å². The second kappa shape index (κ2) is 9.42. The first-order chi connectivity index (χ1) is 14.9. The average molecular weight is 460 g/mol. The van der Waals surface area contributed by atoms with Crippen molar-refractivity contribution >= 4 is 45.0 Å². The van der Waals surface area contributed by atoms with Gasteiger partial charge in [0.25, 0.3) is 0 Å². The lowest BCUT2D eigenvalue weighted by Crippen LogP contribution is -2.32. The number of carbonyl (C=O) groups excluding carboxylic acids is 2. The molecule has 1 fully saturated rings. The molecule has 0 spiro atoms. The van der Waals surface area contributed by atoms with Crippen molar-refractivity contribution in [3.05, 3.63) is 48.5 Å². The lowest BCUT2D eigenvalue weighted by atomic mass is 10.2. The van der Waals surface area contributed by atoms with E-state index in [0.29, 0.717) is 18.8 Å². The maximum atomic E-state index is 13.0. The lowest BCUT2D eigenvalue weighted by Gasteiger charge is -2.23. The van der Waals surface area contributed by atoms with E-state index in [1.54, 1.807) is 18.2 Å². The van der Waals surface area contributed by atoms with Gasteiger partial charge in [-0.2, -0.15) is 4.31 Å². The number of sulfonamides is 1. The van der Waals surface area contributed by atoms with Gasteiger partial charge in [0, 0.05) is 30.1 Å². The first kappa shape index (κ1) is 21.9. The molecule has 2 aromatic carbocycles. The average Bonchev–Trinajstić information content (AvgIpc) is 3.05. The second-order valence-corrected chi connectivity index (χ2v) is 10.9. The van der Waals surface area contributed by atoms with Crippen molar-refractivity contribution in [2.75, 3.05) is 23.7 Å². The van der Waals surface area contributed by atoms with Crippen LogP contribution in [0.25, 0.3) is 0 Å². The van der Waals surface area contributed by atoms with Crippen molar-refractivity contribution in [2.24, 2.45) is 0 Å². The van der Waals surface area contributed by atoms with Crippen molar-refractivity contribution in [1.29, 1.82) is 0 Å². The van der Waals surface area contributed by atoms with Gasteiger partial charge in [-0.3, -0.25) is 9.59 Å². The van der Waals surface area contributed by atoms with Gasteiger partial charge in [-0.05, 0) is 43.2 Å². The summed E-state index contributed by atoms with van der Waals surface area (Å²) in [6, 6.07) is 13.8. The summed E-state index contributed by atoms with van der Waals surface area (Å²) in [5, 5.41) is 5.03. The highest BCUT2D eigenvalue weighted by molar-refractivity contribution is 8.01. The third-order valence-electron chi connectivity index (χ3n) is 5.40. The molecule has 0 bridgehead atoms. The van der Waals surface area contributed by atoms with Crippen LogP contribution >= 0.6 is 11.8 Å². The Morgan fingerprint density at radius 3 is 2.58 bits per heavy atom. The van der Waals surface area contributed by atoms with Crippen LogP contribution in [0.1, 0.15) is 32.1 Å². The molecule has 2 aliphatic rings. The Bertz CT molecular complexity index is 1080. The number of amides is 2. The fourth-order valence-electron chi connectivity index (χ4n) is 3.77. The highest BCUT2D eigenvalue weighted by Crippen LogP contribution is 2.36. The smallest absolute Gasteiger partial charge is 0.243 e. The summed E-state index contributed by atoms with van der Waals surface area (Å²) in [6.07, 6.45) is 3.80. The molecule has 9 heteroatoms. The third-order valence-corrected chi connectivity index (χ3v) is 8.57. The summed E-state index contributed by atoms with van der Waals surface area (Å²) in [7, 11) is -3.60. The Hall–Kier alpha value is -2.36. The topological polar surface area (TPSA) is 95.6 Å². The minimum absolute atomic E-state index is 0.00601. The normalized spacial score (nSPS) is 19.7. The molecule has 0 aliphatic carbocycles. The molecular formula is C22H25N3O4S2. The van der Waals surface area contributed by atoms with E-state index in [9.17, 15) is 18.0 Å². The minimum Gasteiger partial charge on any atom is -0.326 e. The summed E-state index contributed by atoms with van der Waals surface area (Å²) < 4.78 is 27.6. The largest absolute Gasteiger partial charge is 0.326 e. The van der Waals surface area contributed by atoms with Crippen molar-refractivity contribution in [2.45, 2.75) is 47.1 Å². The zero-order chi connectivity index (χ0) is 21.8. The Morgan fingerprint density at radius 2 is 1.81 bits per heavy atom. The Labute approximate surface area is 186 Å². The third kappa shape index (κ3) is 5.11. The van der Waals surface area contributed by atoms with Crippen LogP contribution in [0.3, 0.4) is 0 Å². The van der Waals surface area contributed by atoms with Crippen molar-refractivity contribution in [3.8, 4) is 0 Å². The molecule has 4 rings (SSSR count). The molecule has 2 aliphatic heterocycles. The summed E-state index contributed by atoms with van der Waals surface area (Å²) in [4.78, 5) is 26.0. The van der Waals surface area contributed by atoms with Crippen LogP contribution in [0.2, 0.25) is 0 Å². The number of rotatable bonds is 5. The predicted octanol–water partition coefficient (Wildman–Crippen LogP) is 3.69. The van der Waals surface area contributed by atoms with E-state index < -0.39 is 15.3 Å². The zero-order valence-electron chi connectivity index (χ0n) is 17.0. The van der Waals surface area contributed by atoms with Gasteiger partial charge in [0.05, 0.1) is 15.8 Å². The maximum absolute atomic E-state index is 13.0. The number of hydrogen-bond donors (Lipinski definition) is 2. The molecule has 0 unspecified atom stereocenters. The standard InChI is InChI=1S/C22H25N3O4S2/c26-21(15-20-22(27)24-18-10-3-4-11-19(18)30-20)23-16-8-7-9-17(14-16)31(28,29)25-12-5-1-2-6-13-25/h3-4,7-11,14,20H,1-2,5-6,12-13,15H2,(H,23,26)(H,24,27)/t20-/m0/s1. The van der Waals surface area contributed by atoms with Crippen LogP contribution in [0.15, 0.2) is 58.3 Å². The fourth-order valence-corrected chi connectivity index (χ4v) is 6.45. The first-order valence-electron chi connectivity index (χ1n) is 10.4. The van der Waals surface area contributed by atoms with Gasteiger partial charge < -0.3 is 10.6 Å². The summed E-state index contributed by atoms with van der Waals surface area (Å²) in [5.41, 5.74) is 1.16. The lowest BCUT2D eigenvalue weighted by molar-refractivity contribution is -0.120. The second-order valence-electron chi connectivity index (χ2n) is 7.69. The highest BCUT2D eigenvalue weighted by Gasteiger charge is 2.29. The molecule has 0 radical (unpaired) electrons. The molecule has 0 aromatic heterocycles. The maximum Gasteiger partial charge on any atom is 0.243 e. The van der Waals surface area contributed by atoms with Crippen LogP contribution in [0.5, 0.6) is 0 Å². The van der Waals surface area contributed by atoms with E-state index in [1.807, 2.05) is 24.3 Å². The Morgan fingerprint density at radius 1 is 1.06 bits per heavy atom. The number of nitrogens with one attached hydrogen (secondary N) is 2. The Kier molecular flexibility index (Phi) is 6.64. The molecule has 2 N–H and O–H groups in total. The van der Waals surface area contributed by atoms with Gasteiger partial charge in [0.15, 0.2) is 0 Å². The molecule has 164 valence electrons. The van der Waals surface area contributed by atoms with E-state index in [2.05, 4.69) is 10.6 Å². The molecule has 2 heterocycles. The van der Waals surface area contributed by atoms with Gasteiger partial charge in [0.2, 0.25) is 21.8 Å². The minimum atomic E-state index is -3.60. The van der Waals surface area contributed by atoms with Gasteiger partial charge in [-0.25, -0.2) is 8.42 Å². The number of fused-ring (bicyclic) bond motifs is 1. The molecule has 7 nitrogen and oxygen atoms in total. The predicted molar refractivity (Wildman–Crippen MR) is 122 cm³/mol. The molecule has 0 saturated carbocycles. The van der Waals surface area contributed by atoms with Crippen LogP contribution < -0.4 is 10.6 Å². The number of anilines is 2. The molecule has 31 heavy (non-hydrogen) atoms. The summed E-state index contributed by atoms with van der Waals surface area (Å²) in [5.74, 6) is -0.548. The van der Waals surface area contributed by atoms with Gasteiger partial charge in [0.1, 0.15) is 0 Å². The molecular weight excluding hydrogens is 434 g/mol. The monoisotopic (exact) mass is 459 g/mol. The fraction of sp³-hybridized carbons (Fsp3) is 0.364. The van der Waals surface area contributed by atoms with E-state index >= 15 is 0 Å².